The summed E-state index contributed by atoms with van der Waals surface area (Å²) in [6.45, 7) is 0.417. The lowest BCUT2D eigenvalue weighted by Crippen LogP contribution is -2.54. The maximum Gasteiger partial charge on any atom is 0.326 e. The second-order valence-electron chi connectivity index (χ2n) is 6.27. The second kappa shape index (κ2) is 12.2. The molecule has 1 saturated heterocycles. The van der Waals surface area contributed by atoms with Gasteiger partial charge in [-0.25, -0.2) is 4.79 Å². The van der Waals surface area contributed by atoms with E-state index in [0.29, 0.717) is 12.2 Å². The number of thioether (sulfide) groups is 1. The Kier molecular flexibility index (Phi) is 10.3. The van der Waals surface area contributed by atoms with Gasteiger partial charge < -0.3 is 31.5 Å². The van der Waals surface area contributed by atoms with E-state index in [1.165, 1.54) is 11.8 Å². The molecule has 28 heavy (non-hydrogen) atoms. The topological polar surface area (TPSA) is 174 Å². The maximum atomic E-state index is 12.3. The van der Waals surface area contributed by atoms with Crippen LogP contribution in [0.15, 0.2) is 0 Å². The normalized spacial score (nSPS) is 18.0. The van der Waals surface area contributed by atoms with Gasteiger partial charge >= 0.3 is 11.9 Å². The van der Waals surface area contributed by atoms with Gasteiger partial charge in [0.25, 0.3) is 0 Å². The van der Waals surface area contributed by atoms with E-state index in [4.69, 9.17) is 10.2 Å². The molecule has 0 bridgehead atoms. The summed E-state index contributed by atoms with van der Waals surface area (Å²) in [5.74, 6) is -4.04. The number of carbonyl (C=O) groups excluding carboxylic acids is 3. The minimum atomic E-state index is -1.60. The standard InChI is InChI=1S/C16H26N4O7S/c1-28-6-4-10(15(25)20-11(16(26)27)7-13(22)23)19-12(21)8-18-14(24)9-3-2-5-17-9/h9-11,17H,2-8H2,1H3,(H,18,24)(H,19,21)(H,20,25)(H,22,23)(H,26,27). The van der Waals surface area contributed by atoms with Crippen LogP contribution in [0.5, 0.6) is 0 Å². The summed E-state index contributed by atoms with van der Waals surface area (Å²) < 4.78 is 0. The molecule has 12 heteroatoms. The van der Waals surface area contributed by atoms with E-state index in [1.807, 2.05) is 0 Å². The van der Waals surface area contributed by atoms with E-state index in [9.17, 15) is 24.0 Å². The summed E-state index contributed by atoms with van der Waals surface area (Å²) in [6, 6.07) is -2.99. The van der Waals surface area contributed by atoms with Crippen LogP contribution in [0, 0.1) is 0 Å². The molecule has 0 spiro atoms. The number of rotatable bonds is 12. The number of hydrogen-bond acceptors (Lipinski definition) is 7. The minimum Gasteiger partial charge on any atom is -0.481 e. The van der Waals surface area contributed by atoms with Gasteiger partial charge in [0, 0.05) is 0 Å². The summed E-state index contributed by atoms with van der Waals surface area (Å²) in [6.07, 6.45) is 2.80. The van der Waals surface area contributed by atoms with E-state index in [1.54, 1.807) is 6.26 Å². The molecule has 11 nitrogen and oxygen atoms in total. The zero-order chi connectivity index (χ0) is 21.1. The van der Waals surface area contributed by atoms with Crippen LogP contribution in [-0.2, 0) is 24.0 Å². The number of carboxylic acid groups (broad SMARTS) is 2. The van der Waals surface area contributed by atoms with Gasteiger partial charge in [0.2, 0.25) is 17.7 Å². The second-order valence-corrected chi connectivity index (χ2v) is 7.25. The summed E-state index contributed by atoms with van der Waals surface area (Å²) in [5.41, 5.74) is 0. The van der Waals surface area contributed by atoms with E-state index < -0.39 is 42.3 Å². The van der Waals surface area contributed by atoms with Crippen LogP contribution in [-0.4, -0.2) is 83.1 Å². The predicted octanol–water partition coefficient (Wildman–Crippen LogP) is -1.86. The molecule has 1 rings (SSSR count). The molecule has 0 saturated carbocycles. The Morgan fingerprint density at radius 3 is 2.39 bits per heavy atom. The fourth-order valence-electron chi connectivity index (χ4n) is 2.60. The highest BCUT2D eigenvalue weighted by atomic mass is 32.2. The van der Waals surface area contributed by atoms with Crippen molar-refractivity contribution in [2.75, 3.05) is 25.1 Å². The lowest BCUT2D eigenvalue weighted by atomic mass is 10.1. The Hall–Kier alpha value is -2.34. The van der Waals surface area contributed by atoms with Crippen molar-refractivity contribution in [3.63, 3.8) is 0 Å². The van der Waals surface area contributed by atoms with Crippen LogP contribution < -0.4 is 21.3 Å². The van der Waals surface area contributed by atoms with Crippen molar-refractivity contribution < 1.29 is 34.2 Å². The highest BCUT2D eigenvalue weighted by molar-refractivity contribution is 7.98. The van der Waals surface area contributed by atoms with Crippen molar-refractivity contribution in [3.8, 4) is 0 Å². The summed E-state index contributed by atoms with van der Waals surface area (Å²) in [7, 11) is 0. The molecule has 1 aliphatic heterocycles. The van der Waals surface area contributed by atoms with Gasteiger partial charge in [0.05, 0.1) is 19.0 Å². The van der Waals surface area contributed by atoms with Gasteiger partial charge in [-0.3, -0.25) is 19.2 Å². The Balaban J connectivity index is 2.60. The summed E-state index contributed by atoms with van der Waals surface area (Å²) >= 11 is 1.43. The quantitative estimate of drug-likeness (QED) is 0.212. The van der Waals surface area contributed by atoms with Crippen LogP contribution in [0.25, 0.3) is 0 Å². The Labute approximate surface area is 166 Å². The molecular weight excluding hydrogens is 392 g/mol. The van der Waals surface area contributed by atoms with Crippen LogP contribution in [0.3, 0.4) is 0 Å². The van der Waals surface area contributed by atoms with Crippen LogP contribution in [0.2, 0.25) is 0 Å². The molecular formula is C16H26N4O7S. The lowest BCUT2D eigenvalue weighted by Gasteiger charge is -2.21. The van der Waals surface area contributed by atoms with Gasteiger partial charge in [-0.2, -0.15) is 11.8 Å². The molecule has 1 aliphatic rings. The highest BCUT2D eigenvalue weighted by Gasteiger charge is 2.28. The zero-order valence-corrected chi connectivity index (χ0v) is 16.3. The molecule has 0 aromatic rings. The Morgan fingerprint density at radius 2 is 1.86 bits per heavy atom. The van der Waals surface area contributed by atoms with Crippen LogP contribution in [0.1, 0.15) is 25.7 Å². The molecule has 0 aromatic heterocycles. The molecule has 0 radical (unpaired) electrons. The van der Waals surface area contributed by atoms with E-state index >= 15 is 0 Å². The van der Waals surface area contributed by atoms with Crippen molar-refractivity contribution in [2.24, 2.45) is 0 Å². The first kappa shape index (κ1) is 23.7. The van der Waals surface area contributed by atoms with Crippen molar-refractivity contribution >= 4 is 41.4 Å². The molecule has 6 N–H and O–H groups in total. The molecule has 158 valence electrons. The largest absolute Gasteiger partial charge is 0.481 e. The first-order valence-electron chi connectivity index (χ1n) is 8.79. The van der Waals surface area contributed by atoms with E-state index in [-0.39, 0.29) is 24.9 Å². The van der Waals surface area contributed by atoms with E-state index in [0.717, 1.165) is 13.0 Å². The molecule has 1 heterocycles. The van der Waals surface area contributed by atoms with Gasteiger partial charge in [-0.1, -0.05) is 0 Å². The smallest absolute Gasteiger partial charge is 0.326 e. The van der Waals surface area contributed by atoms with Crippen LogP contribution >= 0.6 is 11.8 Å². The lowest BCUT2D eigenvalue weighted by molar-refractivity contribution is -0.147. The van der Waals surface area contributed by atoms with Gasteiger partial charge in [-0.05, 0) is 37.8 Å². The summed E-state index contributed by atoms with van der Waals surface area (Å²) in [4.78, 5) is 58.2. The SMILES string of the molecule is CSCCC(NC(=O)CNC(=O)C1CCCN1)C(=O)NC(CC(=O)O)C(=O)O. The fraction of sp³-hybridized carbons (Fsp3) is 0.688. The Bertz CT molecular complexity index is 596. The average molecular weight is 418 g/mol. The van der Waals surface area contributed by atoms with Gasteiger partial charge in [-0.15, -0.1) is 0 Å². The molecule has 0 aromatic carbocycles. The fourth-order valence-corrected chi connectivity index (χ4v) is 3.07. The summed E-state index contributed by atoms with van der Waals surface area (Å²) in [5, 5.41) is 27.9. The number of carbonyl (C=O) groups is 5. The molecule has 3 atom stereocenters. The zero-order valence-electron chi connectivity index (χ0n) is 15.5. The van der Waals surface area contributed by atoms with Crippen LogP contribution in [0.4, 0.5) is 0 Å². The number of nitrogens with one attached hydrogen (secondary N) is 4. The average Bonchev–Trinajstić information content (AvgIpc) is 3.16. The van der Waals surface area contributed by atoms with E-state index in [2.05, 4.69) is 21.3 Å². The molecule has 3 amide bonds. The van der Waals surface area contributed by atoms with Gasteiger partial charge in [0.1, 0.15) is 12.1 Å². The first-order valence-corrected chi connectivity index (χ1v) is 10.2. The molecule has 3 unspecified atom stereocenters. The first-order chi connectivity index (χ1) is 13.2. The molecule has 1 fully saturated rings. The monoisotopic (exact) mass is 418 g/mol. The number of amides is 3. The number of carboxylic acids is 2. The maximum absolute atomic E-state index is 12.3. The minimum absolute atomic E-state index is 0.219. The Morgan fingerprint density at radius 1 is 1.14 bits per heavy atom. The van der Waals surface area contributed by atoms with Crippen molar-refractivity contribution in [2.45, 2.75) is 43.8 Å². The predicted molar refractivity (Wildman–Crippen MR) is 101 cm³/mol. The number of hydrogen-bond donors (Lipinski definition) is 6. The van der Waals surface area contributed by atoms with Crippen molar-refractivity contribution in [1.82, 2.24) is 21.3 Å². The van der Waals surface area contributed by atoms with Crippen molar-refractivity contribution in [1.29, 1.82) is 0 Å². The highest BCUT2D eigenvalue weighted by Crippen LogP contribution is 2.05. The van der Waals surface area contributed by atoms with Gasteiger partial charge in [0.15, 0.2) is 0 Å². The third-order valence-corrected chi connectivity index (χ3v) is 4.70. The third-order valence-electron chi connectivity index (χ3n) is 4.06. The van der Waals surface area contributed by atoms with Crippen molar-refractivity contribution in [3.05, 3.63) is 0 Å². The number of aliphatic carboxylic acids is 2. The molecule has 0 aliphatic carbocycles. The third kappa shape index (κ3) is 8.57.